The van der Waals surface area contributed by atoms with Crippen molar-refractivity contribution >= 4 is 6.01 Å². The molecule has 0 aliphatic carbocycles. The van der Waals surface area contributed by atoms with Gasteiger partial charge in [0, 0.05) is 12.6 Å². The van der Waals surface area contributed by atoms with Gasteiger partial charge in [0.25, 0.3) is 0 Å². The van der Waals surface area contributed by atoms with Gasteiger partial charge in [-0.2, -0.15) is 0 Å². The highest BCUT2D eigenvalue weighted by molar-refractivity contribution is 5.24. The summed E-state index contributed by atoms with van der Waals surface area (Å²) in [6.45, 7) is 8.29. The zero-order valence-corrected chi connectivity index (χ0v) is 10.6. The van der Waals surface area contributed by atoms with Crippen LogP contribution in [0.25, 0.3) is 0 Å². The molecule has 0 saturated carbocycles. The van der Waals surface area contributed by atoms with Crippen LogP contribution in [-0.4, -0.2) is 35.0 Å². The number of nitrogens with zero attached hydrogens (tertiary/aromatic N) is 2. The lowest BCUT2D eigenvalue weighted by Crippen LogP contribution is -2.35. The Labute approximate surface area is 101 Å². The lowest BCUT2D eigenvalue weighted by molar-refractivity contribution is 0.184. The summed E-state index contributed by atoms with van der Waals surface area (Å²) in [7, 11) is 0. The van der Waals surface area contributed by atoms with E-state index < -0.39 is 0 Å². The van der Waals surface area contributed by atoms with Gasteiger partial charge in [-0.1, -0.05) is 18.9 Å². The largest absolute Gasteiger partial charge is 0.407 e. The Morgan fingerprint density at radius 3 is 2.88 bits per heavy atom. The van der Waals surface area contributed by atoms with Crippen molar-refractivity contribution in [3.05, 3.63) is 5.89 Å². The third-order valence-corrected chi connectivity index (χ3v) is 2.76. The van der Waals surface area contributed by atoms with Crippen LogP contribution in [0.2, 0.25) is 0 Å². The SMILES string of the molecule is CC(C)NCc1nnc(NC2(C)CCOC2)o1. The first kappa shape index (κ1) is 12.3. The Bertz CT molecular complexity index is 358. The molecule has 1 aromatic rings. The van der Waals surface area contributed by atoms with Gasteiger partial charge >= 0.3 is 6.01 Å². The maximum Gasteiger partial charge on any atom is 0.316 e. The van der Waals surface area contributed by atoms with E-state index in [-0.39, 0.29) is 5.54 Å². The molecule has 0 radical (unpaired) electrons. The van der Waals surface area contributed by atoms with Crippen molar-refractivity contribution in [3.8, 4) is 0 Å². The molecule has 1 saturated heterocycles. The van der Waals surface area contributed by atoms with Crippen molar-refractivity contribution in [1.29, 1.82) is 0 Å². The van der Waals surface area contributed by atoms with E-state index in [0.29, 0.717) is 31.1 Å². The molecule has 1 aromatic heterocycles. The molecule has 6 heteroatoms. The Morgan fingerprint density at radius 1 is 1.41 bits per heavy atom. The summed E-state index contributed by atoms with van der Waals surface area (Å²) < 4.78 is 10.9. The summed E-state index contributed by atoms with van der Waals surface area (Å²) in [5.41, 5.74) is -0.0880. The van der Waals surface area contributed by atoms with Gasteiger partial charge in [0.05, 0.1) is 18.7 Å². The van der Waals surface area contributed by atoms with Crippen LogP contribution >= 0.6 is 0 Å². The molecule has 0 spiro atoms. The maximum absolute atomic E-state index is 5.51. The monoisotopic (exact) mass is 240 g/mol. The van der Waals surface area contributed by atoms with Gasteiger partial charge in [-0.25, -0.2) is 0 Å². The Balaban J connectivity index is 1.89. The van der Waals surface area contributed by atoms with Gasteiger partial charge in [0.15, 0.2) is 0 Å². The predicted octanol–water partition coefficient (Wildman–Crippen LogP) is 1.16. The summed E-state index contributed by atoms with van der Waals surface area (Å²) in [6, 6.07) is 0.873. The molecule has 0 amide bonds. The first-order chi connectivity index (χ1) is 8.07. The molecule has 6 nitrogen and oxygen atoms in total. The van der Waals surface area contributed by atoms with E-state index >= 15 is 0 Å². The first-order valence-corrected chi connectivity index (χ1v) is 5.99. The van der Waals surface area contributed by atoms with Crippen LogP contribution in [0.5, 0.6) is 0 Å². The van der Waals surface area contributed by atoms with Gasteiger partial charge in [0.1, 0.15) is 0 Å². The number of rotatable bonds is 5. The molecule has 1 unspecified atom stereocenters. The van der Waals surface area contributed by atoms with Crippen LogP contribution in [0.15, 0.2) is 4.42 Å². The molecule has 1 aliphatic heterocycles. The molecule has 0 aromatic carbocycles. The summed E-state index contributed by atoms with van der Waals surface area (Å²) in [5, 5.41) is 14.4. The summed E-state index contributed by atoms with van der Waals surface area (Å²) in [5.74, 6) is 0.601. The lowest BCUT2D eigenvalue weighted by atomic mass is 10.0. The minimum Gasteiger partial charge on any atom is -0.407 e. The Morgan fingerprint density at radius 2 is 2.24 bits per heavy atom. The highest BCUT2D eigenvalue weighted by atomic mass is 16.5. The third-order valence-electron chi connectivity index (χ3n) is 2.76. The maximum atomic E-state index is 5.51. The van der Waals surface area contributed by atoms with Gasteiger partial charge in [-0.05, 0) is 13.3 Å². The number of nitrogens with one attached hydrogen (secondary N) is 2. The van der Waals surface area contributed by atoms with E-state index in [9.17, 15) is 0 Å². The van der Waals surface area contributed by atoms with Crippen molar-refractivity contribution < 1.29 is 9.15 Å². The van der Waals surface area contributed by atoms with Crippen molar-refractivity contribution in [2.75, 3.05) is 18.5 Å². The summed E-state index contributed by atoms with van der Waals surface area (Å²) >= 11 is 0. The fourth-order valence-corrected chi connectivity index (χ4v) is 1.69. The van der Waals surface area contributed by atoms with E-state index in [2.05, 4.69) is 41.6 Å². The molecule has 0 bridgehead atoms. The molecule has 2 rings (SSSR count). The number of hydrogen-bond donors (Lipinski definition) is 2. The van der Waals surface area contributed by atoms with Crippen LogP contribution < -0.4 is 10.6 Å². The van der Waals surface area contributed by atoms with E-state index in [1.165, 1.54) is 0 Å². The van der Waals surface area contributed by atoms with Crippen molar-refractivity contribution in [2.24, 2.45) is 0 Å². The van der Waals surface area contributed by atoms with Gasteiger partial charge in [-0.15, -0.1) is 5.10 Å². The van der Waals surface area contributed by atoms with Gasteiger partial charge in [-0.3, -0.25) is 0 Å². The topological polar surface area (TPSA) is 72.2 Å². The van der Waals surface area contributed by atoms with Crippen LogP contribution in [-0.2, 0) is 11.3 Å². The van der Waals surface area contributed by atoms with E-state index in [1.807, 2.05) is 0 Å². The van der Waals surface area contributed by atoms with Crippen molar-refractivity contribution in [2.45, 2.75) is 45.3 Å². The third kappa shape index (κ3) is 3.41. The predicted molar refractivity (Wildman–Crippen MR) is 63.7 cm³/mol. The highest BCUT2D eigenvalue weighted by Gasteiger charge is 2.31. The van der Waals surface area contributed by atoms with E-state index in [4.69, 9.17) is 9.15 Å². The minimum atomic E-state index is -0.0880. The first-order valence-electron chi connectivity index (χ1n) is 5.99. The van der Waals surface area contributed by atoms with Gasteiger partial charge < -0.3 is 19.8 Å². The number of ether oxygens (including phenoxy) is 1. The molecular weight excluding hydrogens is 220 g/mol. The lowest BCUT2D eigenvalue weighted by Gasteiger charge is -2.21. The summed E-state index contributed by atoms with van der Waals surface area (Å²) in [4.78, 5) is 0. The van der Waals surface area contributed by atoms with Crippen molar-refractivity contribution in [1.82, 2.24) is 15.5 Å². The second-order valence-corrected chi connectivity index (χ2v) is 5.02. The molecule has 17 heavy (non-hydrogen) atoms. The fourth-order valence-electron chi connectivity index (χ4n) is 1.69. The van der Waals surface area contributed by atoms with Crippen molar-refractivity contribution in [3.63, 3.8) is 0 Å². The average Bonchev–Trinajstić information content (AvgIpc) is 2.85. The molecular formula is C11H20N4O2. The van der Waals surface area contributed by atoms with Crippen LogP contribution in [0, 0.1) is 0 Å². The quantitative estimate of drug-likeness (QED) is 0.804. The van der Waals surface area contributed by atoms with Crippen LogP contribution in [0.1, 0.15) is 33.1 Å². The average molecular weight is 240 g/mol. The Hall–Kier alpha value is -1.14. The minimum absolute atomic E-state index is 0.0880. The van der Waals surface area contributed by atoms with E-state index in [1.54, 1.807) is 0 Å². The zero-order chi connectivity index (χ0) is 12.3. The molecule has 1 atom stereocenters. The second kappa shape index (κ2) is 5.01. The highest BCUT2D eigenvalue weighted by Crippen LogP contribution is 2.22. The number of hydrogen-bond acceptors (Lipinski definition) is 6. The standard InChI is InChI=1S/C11H20N4O2/c1-8(2)12-6-9-14-15-10(17-9)13-11(3)4-5-16-7-11/h8,12H,4-7H2,1-3H3,(H,13,15). The molecule has 96 valence electrons. The van der Waals surface area contributed by atoms with Crippen LogP contribution in [0.4, 0.5) is 6.01 Å². The molecule has 1 aliphatic rings. The summed E-state index contributed by atoms with van der Waals surface area (Å²) in [6.07, 6.45) is 0.953. The zero-order valence-electron chi connectivity index (χ0n) is 10.6. The smallest absolute Gasteiger partial charge is 0.316 e. The second-order valence-electron chi connectivity index (χ2n) is 5.02. The van der Waals surface area contributed by atoms with Gasteiger partial charge in [0.2, 0.25) is 5.89 Å². The fraction of sp³-hybridized carbons (Fsp3) is 0.818. The molecule has 2 heterocycles. The van der Waals surface area contributed by atoms with Crippen LogP contribution in [0.3, 0.4) is 0 Å². The normalized spacial score (nSPS) is 24.5. The number of aromatic nitrogens is 2. The molecule has 2 N–H and O–H groups in total. The molecule has 1 fully saturated rings. The van der Waals surface area contributed by atoms with E-state index in [0.717, 1.165) is 13.0 Å². The Kier molecular flexibility index (Phi) is 3.63. The number of anilines is 1.